The van der Waals surface area contributed by atoms with E-state index in [1.54, 1.807) is 19.1 Å². The Bertz CT molecular complexity index is 527. The molecule has 1 rings (SSSR count). The first kappa shape index (κ1) is 17.6. The number of carbonyl (C=O) groups is 3. The van der Waals surface area contributed by atoms with Crippen LogP contribution in [-0.2, 0) is 25.7 Å². The van der Waals surface area contributed by atoms with Gasteiger partial charge in [-0.3, -0.25) is 19.4 Å². The summed E-state index contributed by atoms with van der Waals surface area (Å²) in [7, 11) is 0. The second-order valence-corrected chi connectivity index (χ2v) is 4.71. The van der Waals surface area contributed by atoms with Crippen molar-refractivity contribution in [3.63, 3.8) is 0 Å². The molecule has 0 aromatic carbocycles. The lowest BCUT2D eigenvalue weighted by Crippen LogP contribution is -2.32. The number of ether oxygens (including phenoxy) is 2. The van der Waals surface area contributed by atoms with Crippen LogP contribution < -0.4 is 5.32 Å². The molecule has 1 amide bonds. The molecule has 0 aliphatic rings. The van der Waals surface area contributed by atoms with Crippen molar-refractivity contribution in [1.82, 2.24) is 10.3 Å². The second-order valence-electron chi connectivity index (χ2n) is 4.71. The molecule has 0 saturated heterocycles. The SMILES string of the molecule is CC[C@@H](C)OC(=O)CNC(=O)c1ccc(COC(C)=O)nc1. The van der Waals surface area contributed by atoms with E-state index in [0.29, 0.717) is 17.7 Å². The van der Waals surface area contributed by atoms with E-state index in [2.05, 4.69) is 10.3 Å². The van der Waals surface area contributed by atoms with E-state index in [0.717, 1.165) is 0 Å². The molecule has 1 aromatic rings. The lowest BCUT2D eigenvalue weighted by atomic mass is 10.2. The Balaban J connectivity index is 2.45. The van der Waals surface area contributed by atoms with E-state index in [-0.39, 0.29) is 19.3 Å². The van der Waals surface area contributed by atoms with Crippen molar-refractivity contribution in [3.8, 4) is 0 Å². The van der Waals surface area contributed by atoms with Gasteiger partial charge in [-0.1, -0.05) is 6.92 Å². The lowest BCUT2D eigenvalue weighted by Gasteiger charge is -2.11. The largest absolute Gasteiger partial charge is 0.461 e. The summed E-state index contributed by atoms with van der Waals surface area (Å²) in [6, 6.07) is 3.12. The highest BCUT2D eigenvalue weighted by atomic mass is 16.5. The number of carbonyl (C=O) groups excluding carboxylic acids is 3. The molecule has 0 aliphatic heterocycles. The first-order valence-corrected chi connectivity index (χ1v) is 6.98. The minimum Gasteiger partial charge on any atom is -0.461 e. The third kappa shape index (κ3) is 6.34. The van der Waals surface area contributed by atoms with Gasteiger partial charge in [0.15, 0.2) is 0 Å². The molecule has 0 spiro atoms. The molecule has 1 N–H and O–H groups in total. The van der Waals surface area contributed by atoms with Gasteiger partial charge in [0.05, 0.1) is 17.4 Å². The summed E-state index contributed by atoms with van der Waals surface area (Å²) >= 11 is 0. The zero-order valence-electron chi connectivity index (χ0n) is 12.9. The minimum atomic E-state index is -0.484. The highest BCUT2D eigenvalue weighted by molar-refractivity contribution is 5.95. The molecular weight excluding hydrogens is 288 g/mol. The first-order chi connectivity index (χ1) is 10.4. The second kappa shape index (κ2) is 8.76. The highest BCUT2D eigenvalue weighted by Gasteiger charge is 2.11. The predicted molar refractivity (Wildman–Crippen MR) is 77.9 cm³/mol. The molecule has 1 aromatic heterocycles. The summed E-state index contributed by atoms with van der Waals surface area (Å²) in [6.07, 6.45) is 1.90. The van der Waals surface area contributed by atoms with Gasteiger partial charge in [0.25, 0.3) is 5.91 Å². The molecule has 1 heterocycles. The van der Waals surface area contributed by atoms with Crippen LogP contribution in [0.5, 0.6) is 0 Å². The third-order valence-electron chi connectivity index (χ3n) is 2.81. The Kier molecular flexibility index (Phi) is 7.01. The van der Waals surface area contributed by atoms with E-state index >= 15 is 0 Å². The molecule has 7 heteroatoms. The average Bonchev–Trinajstić information content (AvgIpc) is 2.50. The van der Waals surface area contributed by atoms with Crippen molar-refractivity contribution < 1.29 is 23.9 Å². The normalized spacial score (nSPS) is 11.4. The predicted octanol–water partition coefficient (Wildman–Crippen LogP) is 1.22. The summed E-state index contributed by atoms with van der Waals surface area (Å²) in [6.45, 7) is 4.85. The van der Waals surface area contributed by atoms with Crippen LogP contribution >= 0.6 is 0 Å². The van der Waals surface area contributed by atoms with Gasteiger partial charge < -0.3 is 14.8 Å². The smallest absolute Gasteiger partial charge is 0.325 e. The molecular formula is C15H20N2O5. The summed E-state index contributed by atoms with van der Waals surface area (Å²) in [5.74, 6) is -1.31. The zero-order chi connectivity index (χ0) is 16.5. The Morgan fingerprint density at radius 3 is 2.59 bits per heavy atom. The Labute approximate surface area is 129 Å². The number of pyridine rings is 1. The number of hydrogen-bond donors (Lipinski definition) is 1. The summed E-state index contributed by atoms with van der Waals surface area (Å²) in [5.41, 5.74) is 0.839. The zero-order valence-corrected chi connectivity index (χ0v) is 12.9. The van der Waals surface area contributed by atoms with Crippen LogP contribution in [-0.4, -0.2) is 35.5 Å². The maximum absolute atomic E-state index is 11.8. The van der Waals surface area contributed by atoms with Crippen LogP contribution in [0.2, 0.25) is 0 Å². The van der Waals surface area contributed by atoms with Gasteiger partial charge >= 0.3 is 11.9 Å². The number of aromatic nitrogens is 1. The number of nitrogens with one attached hydrogen (secondary N) is 1. The topological polar surface area (TPSA) is 94.6 Å². The highest BCUT2D eigenvalue weighted by Crippen LogP contribution is 2.02. The van der Waals surface area contributed by atoms with Crippen LogP contribution in [0.4, 0.5) is 0 Å². The van der Waals surface area contributed by atoms with Gasteiger partial charge in [0.2, 0.25) is 0 Å². The molecule has 1 atom stereocenters. The van der Waals surface area contributed by atoms with Crippen LogP contribution in [0, 0.1) is 0 Å². The number of nitrogens with zero attached hydrogens (tertiary/aromatic N) is 1. The van der Waals surface area contributed by atoms with E-state index < -0.39 is 17.8 Å². The van der Waals surface area contributed by atoms with Crippen molar-refractivity contribution in [3.05, 3.63) is 29.6 Å². The number of rotatable bonds is 7. The van der Waals surface area contributed by atoms with E-state index in [1.807, 2.05) is 6.92 Å². The van der Waals surface area contributed by atoms with Crippen LogP contribution in [0.25, 0.3) is 0 Å². The van der Waals surface area contributed by atoms with Gasteiger partial charge in [0.1, 0.15) is 13.2 Å². The van der Waals surface area contributed by atoms with Crippen molar-refractivity contribution in [2.75, 3.05) is 6.54 Å². The summed E-state index contributed by atoms with van der Waals surface area (Å²) < 4.78 is 9.83. The maximum Gasteiger partial charge on any atom is 0.325 e. The molecule has 0 saturated carbocycles. The minimum absolute atomic E-state index is 0.0540. The van der Waals surface area contributed by atoms with Gasteiger partial charge in [-0.05, 0) is 25.5 Å². The van der Waals surface area contributed by atoms with Crippen molar-refractivity contribution in [1.29, 1.82) is 0 Å². The van der Waals surface area contributed by atoms with Gasteiger partial charge in [0, 0.05) is 13.1 Å². The number of amides is 1. The molecule has 0 radical (unpaired) electrons. The molecule has 0 aliphatic carbocycles. The molecule has 7 nitrogen and oxygen atoms in total. The summed E-state index contributed by atoms with van der Waals surface area (Å²) in [5, 5.41) is 2.46. The number of hydrogen-bond acceptors (Lipinski definition) is 6. The standard InChI is InChI=1S/C15H20N2O5/c1-4-10(2)22-14(19)8-17-15(20)12-5-6-13(16-7-12)9-21-11(3)18/h5-7,10H,4,8-9H2,1-3H3,(H,17,20)/t10-/m1/s1. The first-order valence-electron chi connectivity index (χ1n) is 6.98. The Morgan fingerprint density at radius 2 is 2.05 bits per heavy atom. The van der Waals surface area contributed by atoms with Gasteiger partial charge in [-0.15, -0.1) is 0 Å². The van der Waals surface area contributed by atoms with Crippen molar-refractivity contribution >= 4 is 17.8 Å². The molecule has 0 bridgehead atoms. The fourth-order valence-electron chi connectivity index (χ4n) is 1.42. The van der Waals surface area contributed by atoms with E-state index in [9.17, 15) is 14.4 Å². The van der Waals surface area contributed by atoms with E-state index in [4.69, 9.17) is 9.47 Å². The van der Waals surface area contributed by atoms with Gasteiger partial charge in [-0.2, -0.15) is 0 Å². The molecule has 0 fully saturated rings. The van der Waals surface area contributed by atoms with Crippen molar-refractivity contribution in [2.45, 2.75) is 39.9 Å². The summed E-state index contributed by atoms with van der Waals surface area (Å²) in [4.78, 5) is 38.0. The number of esters is 2. The quantitative estimate of drug-likeness (QED) is 0.761. The third-order valence-corrected chi connectivity index (χ3v) is 2.81. The average molecular weight is 308 g/mol. The van der Waals surface area contributed by atoms with Crippen molar-refractivity contribution in [2.24, 2.45) is 0 Å². The van der Waals surface area contributed by atoms with Crippen LogP contribution in [0.3, 0.4) is 0 Å². The monoisotopic (exact) mass is 308 g/mol. The molecule has 22 heavy (non-hydrogen) atoms. The maximum atomic E-state index is 11.8. The fourth-order valence-corrected chi connectivity index (χ4v) is 1.42. The van der Waals surface area contributed by atoms with Gasteiger partial charge in [-0.25, -0.2) is 0 Å². The molecule has 0 unspecified atom stereocenters. The van der Waals surface area contributed by atoms with E-state index in [1.165, 1.54) is 13.1 Å². The Morgan fingerprint density at radius 1 is 1.32 bits per heavy atom. The van der Waals surface area contributed by atoms with Crippen LogP contribution in [0.1, 0.15) is 43.2 Å². The van der Waals surface area contributed by atoms with Crippen LogP contribution in [0.15, 0.2) is 18.3 Å². The Hall–Kier alpha value is -2.44. The lowest BCUT2D eigenvalue weighted by molar-refractivity contribution is -0.147. The fraction of sp³-hybridized carbons (Fsp3) is 0.467. The molecule has 120 valence electrons.